The van der Waals surface area contributed by atoms with Crippen LogP contribution >= 0.6 is 15.9 Å². The summed E-state index contributed by atoms with van der Waals surface area (Å²) in [6.07, 6.45) is 2.98. The zero-order valence-corrected chi connectivity index (χ0v) is 14.3. The van der Waals surface area contributed by atoms with Gasteiger partial charge in [0.15, 0.2) is 0 Å². The summed E-state index contributed by atoms with van der Waals surface area (Å²) in [4.78, 5) is 0. The molecule has 6 heteroatoms. The van der Waals surface area contributed by atoms with E-state index in [9.17, 15) is 0 Å². The number of hydrogen-bond acceptors (Lipinski definition) is 3. The maximum Gasteiger partial charge on any atom is 0.0738 e. The number of hydrogen-bond donors (Lipinski definition) is 1. The quantitative estimate of drug-likeness (QED) is 0.909. The summed E-state index contributed by atoms with van der Waals surface area (Å²) >= 11 is 3.64. The lowest BCUT2D eigenvalue weighted by Gasteiger charge is -2.18. The number of likely N-dealkylation sites (N-methyl/N-ethyl adjacent to an activating group) is 1. The predicted octanol–water partition coefficient (Wildman–Crippen LogP) is 2.43. The highest BCUT2D eigenvalue weighted by Gasteiger charge is 2.20. The van der Waals surface area contributed by atoms with E-state index in [-0.39, 0.29) is 6.04 Å². The van der Waals surface area contributed by atoms with Crippen LogP contribution in [0.3, 0.4) is 0 Å². The molecule has 0 aromatic carbocycles. The number of nitrogens with one attached hydrogen (secondary N) is 1. The van der Waals surface area contributed by atoms with E-state index in [1.54, 1.807) is 0 Å². The molecule has 1 unspecified atom stereocenters. The van der Waals surface area contributed by atoms with Crippen LogP contribution in [0.2, 0.25) is 0 Å². The third kappa shape index (κ3) is 2.96. The molecule has 0 saturated carbocycles. The molecule has 2 aromatic heterocycles. The summed E-state index contributed by atoms with van der Waals surface area (Å²) in [5.41, 5.74) is 4.56. The topological polar surface area (TPSA) is 47.7 Å². The molecule has 2 rings (SSSR count). The van der Waals surface area contributed by atoms with Crippen molar-refractivity contribution in [1.29, 1.82) is 0 Å². The number of halogens is 1. The van der Waals surface area contributed by atoms with Crippen molar-refractivity contribution in [2.75, 3.05) is 6.54 Å². The van der Waals surface area contributed by atoms with Crippen LogP contribution in [0.15, 0.2) is 10.7 Å². The van der Waals surface area contributed by atoms with Gasteiger partial charge in [0, 0.05) is 38.3 Å². The van der Waals surface area contributed by atoms with Crippen molar-refractivity contribution in [3.63, 3.8) is 0 Å². The summed E-state index contributed by atoms with van der Waals surface area (Å²) in [6.45, 7) is 7.13. The summed E-state index contributed by atoms with van der Waals surface area (Å²) in [6, 6.07) is 0.250. The second kappa shape index (κ2) is 6.10. The molecule has 20 heavy (non-hydrogen) atoms. The maximum atomic E-state index is 4.47. The molecule has 0 radical (unpaired) electrons. The van der Waals surface area contributed by atoms with E-state index in [4.69, 9.17) is 0 Å². The minimum atomic E-state index is 0.250. The lowest BCUT2D eigenvalue weighted by molar-refractivity contribution is 0.525. The van der Waals surface area contributed by atoms with Gasteiger partial charge in [0.1, 0.15) is 0 Å². The molecule has 0 bridgehead atoms. The van der Waals surface area contributed by atoms with Crippen LogP contribution in [-0.2, 0) is 20.5 Å². The van der Waals surface area contributed by atoms with Crippen LogP contribution in [0.4, 0.5) is 0 Å². The number of aryl methyl sites for hydroxylation is 4. The highest BCUT2D eigenvalue weighted by molar-refractivity contribution is 9.10. The van der Waals surface area contributed by atoms with E-state index >= 15 is 0 Å². The van der Waals surface area contributed by atoms with Crippen LogP contribution in [-0.4, -0.2) is 26.1 Å². The predicted molar refractivity (Wildman–Crippen MR) is 83.7 cm³/mol. The van der Waals surface area contributed by atoms with Crippen LogP contribution in [0, 0.1) is 13.8 Å². The molecule has 0 saturated heterocycles. The SMILES string of the molecule is CCNC(Cc1c(Br)c(C)nn1C)c1cn(C)nc1C. The van der Waals surface area contributed by atoms with Crippen molar-refractivity contribution < 1.29 is 0 Å². The molecular weight excluding hydrogens is 318 g/mol. The first-order valence-electron chi connectivity index (χ1n) is 6.85. The first-order chi connectivity index (χ1) is 9.43. The Labute approximate surface area is 128 Å². The highest BCUT2D eigenvalue weighted by Crippen LogP contribution is 2.27. The van der Waals surface area contributed by atoms with Gasteiger partial charge in [-0.25, -0.2) is 0 Å². The fourth-order valence-electron chi connectivity index (χ4n) is 2.59. The van der Waals surface area contributed by atoms with Crippen LogP contribution in [0.5, 0.6) is 0 Å². The van der Waals surface area contributed by atoms with E-state index in [0.29, 0.717) is 0 Å². The van der Waals surface area contributed by atoms with E-state index in [1.807, 2.05) is 30.4 Å². The Kier molecular flexibility index (Phi) is 4.65. The molecule has 0 spiro atoms. The van der Waals surface area contributed by atoms with E-state index in [2.05, 4.69) is 51.5 Å². The molecule has 1 N–H and O–H groups in total. The smallest absolute Gasteiger partial charge is 0.0738 e. The van der Waals surface area contributed by atoms with Crippen molar-refractivity contribution in [2.24, 2.45) is 14.1 Å². The summed E-state index contributed by atoms with van der Waals surface area (Å²) in [5, 5.41) is 12.5. The number of rotatable bonds is 5. The Bertz CT molecular complexity index is 599. The first-order valence-corrected chi connectivity index (χ1v) is 7.64. The van der Waals surface area contributed by atoms with Gasteiger partial charge in [-0.2, -0.15) is 10.2 Å². The van der Waals surface area contributed by atoms with Crippen molar-refractivity contribution in [1.82, 2.24) is 24.9 Å². The summed E-state index contributed by atoms with van der Waals surface area (Å²) in [7, 11) is 3.95. The van der Waals surface area contributed by atoms with Gasteiger partial charge in [0.05, 0.1) is 21.6 Å². The molecule has 0 amide bonds. The second-order valence-corrected chi connectivity index (χ2v) is 5.92. The van der Waals surface area contributed by atoms with Crippen molar-refractivity contribution >= 4 is 15.9 Å². The molecule has 1 atom stereocenters. The Morgan fingerprint density at radius 1 is 1.25 bits per heavy atom. The van der Waals surface area contributed by atoms with E-state index in [0.717, 1.165) is 28.8 Å². The first kappa shape index (κ1) is 15.3. The Balaban J connectivity index is 2.32. The molecule has 0 fully saturated rings. The van der Waals surface area contributed by atoms with E-state index < -0.39 is 0 Å². The molecule has 0 aliphatic carbocycles. The van der Waals surface area contributed by atoms with Crippen molar-refractivity contribution in [3.05, 3.63) is 33.3 Å². The van der Waals surface area contributed by atoms with Crippen LogP contribution in [0.1, 0.15) is 35.6 Å². The average molecular weight is 340 g/mol. The van der Waals surface area contributed by atoms with Crippen molar-refractivity contribution in [3.8, 4) is 0 Å². The standard InChI is InChI=1S/C14H22BrN5/c1-6-16-12(11-8-19(4)17-9(11)2)7-13-14(15)10(3)18-20(13)5/h8,12,16H,6-7H2,1-5H3. The molecule has 2 heterocycles. The minimum Gasteiger partial charge on any atom is -0.310 e. The number of aromatic nitrogens is 4. The van der Waals surface area contributed by atoms with Crippen LogP contribution in [0.25, 0.3) is 0 Å². The Morgan fingerprint density at radius 2 is 1.95 bits per heavy atom. The fraction of sp³-hybridized carbons (Fsp3) is 0.571. The molecule has 110 valence electrons. The van der Waals surface area contributed by atoms with Gasteiger partial charge in [-0.05, 0) is 36.3 Å². The van der Waals surface area contributed by atoms with Gasteiger partial charge in [-0.1, -0.05) is 6.92 Å². The molecule has 0 aliphatic rings. The summed E-state index contributed by atoms with van der Waals surface area (Å²) < 4.78 is 4.93. The molecular formula is C14H22BrN5. The fourth-order valence-corrected chi connectivity index (χ4v) is 3.09. The zero-order valence-electron chi connectivity index (χ0n) is 12.7. The van der Waals surface area contributed by atoms with Gasteiger partial charge in [-0.15, -0.1) is 0 Å². The number of nitrogens with zero attached hydrogens (tertiary/aromatic N) is 4. The third-order valence-electron chi connectivity index (χ3n) is 3.54. The van der Waals surface area contributed by atoms with Gasteiger partial charge in [0.25, 0.3) is 0 Å². The molecule has 2 aromatic rings. The largest absolute Gasteiger partial charge is 0.310 e. The van der Waals surface area contributed by atoms with Gasteiger partial charge in [-0.3, -0.25) is 9.36 Å². The van der Waals surface area contributed by atoms with Crippen LogP contribution < -0.4 is 5.32 Å². The highest BCUT2D eigenvalue weighted by atomic mass is 79.9. The lowest BCUT2D eigenvalue weighted by atomic mass is 10.0. The lowest BCUT2D eigenvalue weighted by Crippen LogP contribution is -2.24. The molecule has 5 nitrogen and oxygen atoms in total. The Hall–Kier alpha value is -1.14. The molecule has 0 aliphatic heterocycles. The monoisotopic (exact) mass is 339 g/mol. The summed E-state index contributed by atoms with van der Waals surface area (Å²) in [5.74, 6) is 0. The zero-order chi connectivity index (χ0) is 14.9. The normalized spacial score (nSPS) is 12.9. The average Bonchev–Trinajstić information content (AvgIpc) is 2.82. The van der Waals surface area contributed by atoms with Gasteiger partial charge >= 0.3 is 0 Å². The van der Waals surface area contributed by atoms with Gasteiger partial charge < -0.3 is 5.32 Å². The van der Waals surface area contributed by atoms with E-state index in [1.165, 1.54) is 11.3 Å². The van der Waals surface area contributed by atoms with Gasteiger partial charge in [0.2, 0.25) is 0 Å². The minimum absolute atomic E-state index is 0.250. The third-order valence-corrected chi connectivity index (χ3v) is 4.57. The Morgan fingerprint density at radius 3 is 2.40 bits per heavy atom. The maximum absolute atomic E-state index is 4.47. The second-order valence-electron chi connectivity index (χ2n) is 5.13. The van der Waals surface area contributed by atoms with Crippen molar-refractivity contribution in [2.45, 2.75) is 33.2 Å².